The molecule has 0 N–H and O–H groups in total. The molecule has 30 heavy (non-hydrogen) atoms. The highest BCUT2D eigenvalue weighted by molar-refractivity contribution is 7.80. The van der Waals surface area contributed by atoms with E-state index in [9.17, 15) is 0 Å². The van der Waals surface area contributed by atoms with Crippen molar-refractivity contribution in [2.24, 2.45) is 0 Å². The Balaban J connectivity index is 1.37. The summed E-state index contributed by atoms with van der Waals surface area (Å²) in [5, 5.41) is 9.17. The summed E-state index contributed by atoms with van der Waals surface area (Å²) in [6.07, 6.45) is 1.55. The summed E-state index contributed by atoms with van der Waals surface area (Å²) < 4.78 is 17.5. The maximum atomic E-state index is 5.86. The van der Waals surface area contributed by atoms with Gasteiger partial charge < -0.3 is 18.5 Å². The molecule has 0 amide bonds. The van der Waals surface area contributed by atoms with Crippen molar-refractivity contribution < 1.29 is 13.6 Å². The molecular formula is C23H25N3O3S. The average molecular weight is 424 g/mol. The number of aromatic nitrogens is 2. The van der Waals surface area contributed by atoms with Gasteiger partial charge in [-0.1, -0.05) is 18.2 Å². The third-order valence-electron chi connectivity index (χ3n) is 4.72. The molecule has 1 unspecified atom stereocenters. The number of nitrogens with zero attached hydrogens (tertiary/aromatic N) is 3. The molecule has 6 nitrogen and oxygen atoms in total. The van der Waals surface area contributed by atoms with Gasteiger partial charge in [-0.25, -0.2) is 0 Å². The van der Waals surface area contributed by atoms with Crippen LogP contribution in [0.1, 0.15) is 23.3 Å². The number of benzene rings is 2. The fraction of sp³-hybridized carbons (Fsp3) is 0.304. The van der Waals surface area contributed by atoms with Gasteiger partial charge in [0.05, 0.1) is 11.9 Å². The van der Waals surface area contributed by atoms with Gasteiger partial charge in [0.15, 0.2) is 0 Å². The summed E-state index contributed by atoms with van der Waals surface area (Å²) >= 11 is 4.64. The van der Waals surface area contributed by atoms with Gasteiger partial charge in [-0.3, -0.25) is 0 Å². The number of ether oxygens (including phenoxy) is 1. The summed E-state index contributed by atoms with van der Waals surface area (Å²) in [6, 6.07) is 17.6. The summed E-state index contributed by atoms with van der Waals surface area (Å²) in [7, 11) is 4.11. The predicted octanol–water partition coefficient (Wildman–Crippen LogP) is 5.03. The Labute approximate surface area is 181 Å². The zero-order valence-corrected chi connectivity index (χ0v) is 18.0. The fourth-order valence-corrected chi connectivity index (χ4v) is 3.45. The lowest BCUT2D eigenvalue weighted by atomic mass is 10.2. The van der Waals surface area contributed by atoms with E-state index >= 15 is 0 Å². The largest absolute Gasteiger partial charge is 0.494 e. The number of furan rings is 1. The van der Waals surface area contributed by atoms with Crippen LogP contribution in [-0.4, -0.2) is 42.3 Å². The van der Waals surface area contributed by atoms with Gasteiger partial charge in [0.1, 0.15) is 17.1 Å². The van der Waals surface area contributed by atoms with Crippen molar-refractivity contribution in [3.8, 4) is 17.2 Å². The van der Waals surface area contributed by atoms with E-state index in [2.05, 4.69) is 41.8 Å². The molecule has 0 spiro atoms. The van der Waals surface area contributed by atoms with Gasteiger partial charge in [0.25, 0.3) is 0 Å². The molecule has 0 saturated heterocycles. The highest BCUT2D eigenvalue weighted by Gasteiger charge is 2.18. The second-order valence-corrected chi connectivity index (χ2v) is 8.07. The van der Waals surface area contributed by atoms with Crippen LogP contribution in [0.3, 0.4) is 0 Å². The van der Waals surface area contributed by atoms with E-state index in [0.717, 1.165) is 41.0 Å². The van der Waals surface area contributed by atoms with E-state index in [0.29, 0.717) is 24.8 Å². The van der Waals surface area contributed by atoms with Crippen molar-refractivity contribution in [3.05, 3.63) is 66.2 Å². The standard InChI is InChI=1S/C23H25N3O3S/c1-26(2)12-5-13-27-18-10-8-16(9-11-18)22-24-25-23(29-22)21(30)15-19-14-17-6-3-4-7-20(17)28-19/h3-4,6-11,14,21,30H,5,12-13,15H2,1-2H3. The van der Waals surface area contributed by atoms with Crippen LogP contribution >= 0.6 is 12.6 Å². The zero-order valence-electron chi connectivity index (χ0n) is 17.1. The molecule has 4 rings (SSSR count). The third kappa shape index (κ3) is 5.04. The van der Waals surface area contributed by atoms with Crippen LogP contribution in [0.25, 0.3) is 22.4 Å². The summed E-state index contributed by atoms with van der Waals surface area (Å²) in [5.41, 5.74) is 1.71. The quantitative estimate of drug-likeness (QED) is 0.301. The average Bonchev–Trinajstić information content (AvgIpc) is 3.38. The topological polar surface area (TPSA) is 64.5 Å². The molecule has 0 aliphatic carbocycles. The van der Waals surface area contributed by atoms with Gasteiger partial charge >= 0.3 is 0 Å². The number of fused-ring (bicyclic) bond motifs is 1. The van der Waals surface area contributed by atoms with Crippen molar-refractivity contribution >= 4 is 23.6 Å². The highest BCUT2D eigenvalue weighted by Crippen LogP contribution is 2.29. The van der Waals surface area contributed by atoms with Gasteiger partial charge in [-0.2, -0.15) is 12.6 Å². The maximum Gasteiger partial charge on any atom is 0.247 e. The first-order chi connectivity index (χ1) is 14.6. The molecule has 0 radical (unpaired) electrons. The third-order valence-corrected chi connectivity index (χ3v) is 5.12. The van der Waals surface area contributed by atoms with Crippen LogP contribution in [0.4, 0.5) is 0 Å². The zero-order chi connectivity index (χ0) is 20.9. The van der Waals surface area contributed by atoms with Crippen LogP contribution in [-0.2, 0) is 6.42 Å². The van der Waals surface area contributed by atoms with Crippen LogP contribution < -0.4 is 4.74 Å². The van der Waals surface area contributed by atoms with Crippen LogP contribution in [0, 0.1) is 0 Å². The molecular weight excluding hydrogens is 398 g/mol. The molecule has 156 valence electrons. The second-order valence-electron chi connectivity index (χ2n) is 7.45. The summed E-state index contributed by atoms with van der Waals surface area (Å²) in [4.78, 5) is 2.14. The van der Waals surface area contributed by atoms with E-state index in [1.807, 2.05) is 54.6 Å². The molecule has 4 aromatic rings. The molecule has 1 atom stereocenters. The minimum Gasteiger partial charge on any atom is -0.494 e. The Morgan fingerprint density at radius 1 is 1.03 bits per heavy atom. The van der Waals surface area contributed by atoms with Gasteiger partial charge in [0, 0.05) is 23.9 Å². The Bertz CT molecular complexity index is 1060. The van der Waals surface area contributed by atoms with Crippen molar-refractivity contribution in [1.82, 2.24) is 15.1 Å². The lowest BCUT2D eigenvalue weighted by molar-refractivity contribution is 0.281. The molecule has 0 aliphatic rings. The monoisotopic (exact) mass is 423 g/mol. The van der Waals surface area contributed by atoms with E-state index < -0.39 is 0 Å². The van der Waals surface area contributed by atoms with Crippen LogP contribution in [0.15, 0.2) is 63.4 Å². The Kier molecular flexibility index (Phi) is 6.40. The van der Waals surface area contributed by atoms with E-state index in [1.165, 1.54) is 0 Å². The van der Waals surface area contributed by atoms with E-state index in [4.69, 9.17) is 13.6 Å². The van der Waals surface area contributed by atoms with Crippen molar-refractivity contribution in [3.63, 3.8) is 0 Å². The summed E-state index contributed by atoms with van der Waals surface area (Å²) in [6.45, 7) is 1.69. The molecule has 2 heterocycles. The Morgan fingerprint density at radius 3 is 2.60 bits per heavy atom. The second kappa shape index (κ2) is 9.36. The van der Waals surface area contributed by atoms with Gasteiger partial charge in [-0.05, 0) is 56.9 Å². The van der Waals surface area contributed by atoms with E-state index in [1.54, 1.807) is 0 Å². The van der Waals surface area contributed by atoms with Crippen molar-refractivity contribution in [2.75, 3.05) is 27.2 Å². The molecule has 0 aliphatic heterocycles. The lowest BCUT2D eigenvalue weighted by Crippen LogP contribution is -2.15. The summed E-state index contributed by atoms with van der Waals surface area (Å²) in [5.74, 6) is 2.60. The normalized spacial score (nSPS) is 12.5. The van der Waals surface area contributed by atoms with Crippen molar-refractivity contribution in [1.29, 1.82) is 0 Å². The first-order valence-electron chi connectivity index (χ1n) is 9.95. The van der Waals surface area contributed by atoms with Crippen LogP contribution in [0.5, 0.6) is 5.75 Å². The number of para-hydroxylation sites is 1. The maximum absolute atomic E-state index is 5.86. The minimum atomic E-state index is -0.244. The van der Waals surface area contributed by atoms with Gasteiger partial charge in [-0.15, -0.1) is 10.2 Å². The lowest BCUT2D eigenvalue weighted by Gasteiger charge is -2.10. The number of thiol groups is 1. The first-order valence-corrected chi connectivity index (χ1v) is 10.5. The Hall–Kier alpha value is -2.77. The molecule has 2 aromatic carbocycles. The fourth-order valence-electron chi connectivity index (χ4n) is 3.17. The molecule has 7 heteroatoms. The highest BCUT2D eigenvalue weighted by atomic mass is 32.1. The number of rotatable bonds is 9. The predicted molar refractivity (Wildman–Crippen MR) is 120 cm³/mol. The molecule has 0 saturated carbocycles. The Morgan fingerprint density at radius 2 is 1.83 bits per heavy atom. The van der Waals surface area contributed by atoms with Gasteiger partial charge in [0.2, 0.25) is 11.8 Å². The number of hydrogen-bond acceptors (Lipinski definition) is 7. The van der Waals surface area contributed by atoms with Crippen molar-refractivity contribution in [2.45, 2.75) is 18.1 Å². The SMILES string of the molecule is CN(C)CCCOc1ccc(-c2nnc(C(S)Cc3cc4ccccc4o3)o2)cc1. The first kappa shape index (κ1) is 20.5. The molecule has 0 bridgehead atoms. The molecule has 2 aromatic heterocycles. The smallest absolute Gasteiger partial charge is 0.247 e. The molecule has 0 fully saturated rings. The van der Waals surface area contributed by atoms with E-state index in [-0.39, 0.29) is 5.25 Å². The minimum absolute atomic E-state index is 0.244. The van der Waals surface area contributed by atoms with Crippen LogP contribution in [0.2, 0.25) is 0 Å². The number of hydrogen-bond donors (Lipinski definition) is 1.